The zero-order chi connectivity index (χ0) is 13.5. The van der Waals surface area contributed by atoms with Crippen LogP contribution < -0.4 is 5.43 Å². The molecule has 5 heteroatoms. The Morgan fingerprint density at radius 3 is 2.28 bits per heavy atom. The number of hydrogen-bond donors (Lipinski definition) is 1. The molecule has 0 aliphatic carbocycles. The number of nitrogens with one attached hydrogen (secondary N) is 1. The molecular formula is C13H23N3O2. The van der Waals surface area contributed by atoms with Crippen LogP contribution in [-0.2, 0) is 4.84 Å². The first-order valence-corrected chi connectivity index (χ1v) is 6.34. The van der Waals surface area contributed by atoms with E-state index in [2.05, 4.69) is 33.1 Å². The van der Waals surface area contributed by atoms with E-state index in [9.17, 15) is 4.79 Å². The lowest BCUT2D eigenvalue weighted by Crippen LogP contribution is -2.42. The number of hydrogen-bond acceptors (Lipinski definition) is 4. The van der Waals surface area contributed by atoms with Gasteiger partial charge in [0.25, 0.3) is 0 Å². The van der Waals surface area contributed by atoms with Crippen molar-refractivity contribution in [2.45, 2.75) is 27.7 Å². The van der Waals surface area contributed by atoms with Gasteiger partial charge in [-0.05, 0) is 24.0 Å². The van der Waals surface area contributed by atoms with Crippen molar-refractivity contribution in [3.8, 4) is 0 Å². The van der Waals surface area contributed by atoms with Gasteiger partial charge in [0.15, 0.2) is 0 Å². The van der Waals surface area contributed by atoms with Gasteiger partial charge in [0, 0.05) is 19.3 Å². The molecule has 0 spiro atoms. The van der Waals surface area contributed by atoms with Crippen molar-refractivity contribution in [1.29, 1.82) is 0 Å². The van der Waals surface area contributed by atoms with E-state index in [-0.39, 0.29) is 6.09 Å². The predicted molar refractivity (Wildman–Crippen MR) is 71.0 cm³/mol. The van der Waals surface area contributed by atoms with Crippen LogP contribution in [0.2, 0.25) is 0 Å². The fourth-order valence-electron chi connectivity index (χ4n) is 1.65. The summed E-state index contributed by atoms with van der Waals surface area (Å²) in [6, 6.07) is 0. The highest BCUT2D eigenvalue weighted by Crippen LogP contribution is 2.07. The number of carbonyl (C=O) groups excluding carboxylic acids is 1. The first kappa shape index (κ1) is 14.4. The van der Waals surface area contributed by atoms with E-state index in [0.717, 1.165) is 0 Å². The predicted octanol–water partition coefficient (Wildman–Crippen LogP) is 2.50. The van der Waals surface area contributed by atoms with Crippen molar-refractivity contribution >= 4 is 6.09 Å². The molecule has 1 aliphatic heterocycles. The van der Waals surface area contributed by atoms with Crippen molar-refractivity contribution in [2.75, 3.05) is 13.1 Å². The van der Waals surface area contributed by atoms with E-state index >= 15 is 0 Å². The first-order chi connectivity index (χ1) is 8.49. The maximum absolute atomic E-state index is 12.0. The van der Waals surface area contributed by atoms with Crippen LogP contribution in [0.1, 0.15) is 27.7 Å². The summed E-state index contributed by atoms with van der Waals surface area (Å²) in [4.78, 5) is 19.0. The first-order valence-electron chi connectivity index (χ1n) is 6.34. The zero-order valence-electron chi connectivity index (χ0n) is 11.6. The quantitative estimate of drug-likeness (QED) is 0.817. The Balaban J connectivity index is 2.52. The van der Waals surface area contributed by atoms with Gasteiger partial charge < -0.3 is 9.74 Å². The molecule has 1 aliphatic rings. The molecule has 0 aromatic rings. The topological polar surface area (TPSA) is 44.8 Å². The van der Waals surface area contributed by atoms with Gasteiger partial charge in [-0.2, -0.15) is 0 Å². The summed E-state index contributed by atoms with van der Waals surface area (Å²) in [6.45, 7) is 9.74. The van der Waals surface area contributed by atoms with Crippen LogP contribution in [-0.4, -0.2) is 29.3 Å². The molecule has 102 valence electrons. The molecule has 0 aromatic carbocycles. The summed E-state index contributed by atoms with van der Waals surface area (Å²) in [5, 5.41) is 1.30. The van der Waals surface area contributed by atoms with Gasteiger partial charge in [0.1, 0.15) is 0 Å². The minimum absolute atomic E-state index is 0.329. The number of rotatable bonds is 5. The van der Waals surface area contributed by atoms with Gasteiger partial charge in [0.05, 0.1) is 6.20 Å². The van der Waals surface area contributed by atoms with E-state index in [1.54, 1.807) is 23.4 Å². The lowest BCUT2D eigenvalue weighted by Gasteiger charge is -2.28. The van der Waals surface area contributed by atoms with E-state index in [4.69, 9.17) is 4.84 Å². The molecular weight excluding hydrogens is 230 g/mol. The highest BCUT2D eigenvalue weighted by atomic mass is 16.7. The second kappa shape index (κ2) is 6.93. The molecule has 1 amide bonds. The number of hydroxylamine groups is 1. The summed E-state index contributed by atoms with van der Waals surface area (Å²) < 4.78 is 0. The minimum atomic E-state index is -0.329. The van der Waals surface area contributed by atoms with Gasteiger partial charge >= 0.3 is 6.09 Å². The maximum Gasteiger partial charge on any atom is 0.435 e. The summed E-state index contributed by atoms with van der Waals surface area (Å²) in [7, 11) is 0. The molecule has 0 unspecified atom stereocenters. The van der Waals surface area contributed by atoms with Crippen LogP contribution in [0.3, 0.4) is 0 Å². The van der Waals surface area contributed by atoms with E-state index in [0.29, 0.717) is 24.9 Å². The van der Waals surface area contributed by atoms with E-state index in [1.807, 2.05) is 6.08 Å². The van der Waals surface area contributed by atoms with Crippen molar-refractivity contribution in [1.82, 2.24) is 15.5 Å². The average Bonchev–Trinajstić information content (AvgIpc) is 2.28. The van der Waals surface area contributed by atoms with Crippen molar-refractivity contribution in [2.24, 2.45) is 11.8 Å². The molecule has 0 bridgehead atoms. The van der Waals surface area contributed by atoms with Gasteiger partial charge in [-0.25, -0.2) is 4.79 Å². The molecule has 0 atom stereocenters. The fraction of sp³-hybridized carbons (Fsp3) is 0.615. The smallest absolute Gasteiger partial charge is 0.306 e. The summed E-state index contributed by atoms with van der Waals surface area (Å²) in [5.74, 6) is 0.835. The monoisotopic (exact) mass is 253 g/mol. The van der Waals surface area contributed by atoms with Gasteiger partial charge in [-0.15, -0.1) is 5.17 Å². The SMILES string of the molecule is CC(C)CN(CC(C)C)C(=O)ON1C=CC=CN1. The molecule has 0 fully saturated rings. The van der Waals surface area contributed by atoms with E-state index < -0.39 is 0 Å². The molecule has 0 saturated heterocycles. The molecule has 1 heterocycles. The third-order valence-electron chi connectivity index (χ3n) is 2.24. The summed E-state index contributed by atoms with van der Waals surface area (Å²) in [5.41, 5.74) is 2.81. The molecule has 0 aromatic heterocycles. The third-order valence-corrected chi connectivity index (χ3v) is 2.24. The molecule has 0 saturated carbocycles. The maximum atomic E-state index is 12.0. The summed E-state index contributed by atoms with van der Waals surface area (Å²) in [6.07, 6.45) is 6.64. The normalized spacial score (nSPS) is 14.0. The number of amides is 1. The number of nitrogens with zero attached hydrogens (tertiary/aromatic N) is 2. The van der Waals surface area contributed by atoms with Crippen molar-refractivity contribution in [3.05, 3.63) is 24.6 Å². The minimum Gasteiger partial charge on any atom is -0.306 e. The Hall–Kier alpha value is -1.65. The highest BCUT2D eigenvalue weighted by Gasteiger charge is 2.20. The number of allylic oxidation sites excluding steroid dienone is 2. The molecule has 1 rings (SSSR count). The highest BCUT2D eigenvalue weighted by molar-refractivity contribution is 5.67. The standard InChI is InChI=1S/C13H23N3O2/c1-11(2)9-15(10-12(3)4)13(17)18-16-8-6-5-7-14-16/h5-8,11-12,14H,9-10H2,1-4H3. The van der Waals surface area contributed by atoms with Gasteiger partial charge in [-0.3, -0.25) is 5.43 Å². The molecule has 1 N–H and O–H groups in total. The Morgan fingerprint density at radius 2 is 1.83 bits per heavy atom. The summed E-state index contributed by atoms with van der Waals surface area (Å²) >= 11 is 0. The van der Waals surface area contributed by atoms with Crippen LogP contribution in [0, 0.1) is 11.8 Å². The number of hydrazine groups is 1. The van der Waals surface area contributed by atoms with Crippen LogP contribution >= 0.6 is 0 Å². The van der Waals surface area contributed by atoms with E-state index in [1.165, 1.54) is 5.17 Å². The molecule has 0 radical (unpaired) electrons. The second-order valence-electron chi connectivity index (χ2n) is 5.21. The van der Waals surface area contributed by atoms with Gasteiger partial charge in [0.2, 0.25) is 0 Å². The molecule has 5 nitrogen and oxygen atoms in total. The van der Waals surface area contributed by atoms with Gasteiger partial charge in [-0.1, -0.05) is 27.7 Å². The lowest BCUT2D eigenvalue weighted by molar-refractivity contribution is -0.102. The van der Waals surface area contributed by atoms with Crippen molar-refractivity contribution in [3.63, 3.8) is 0 Å². The van der Waals surface area contributed by atoms with Crippen LogP contribution in [0.4, 0.5) is 4.79 Å². The Labute approximate surface area is 109 Å². The van der Waals surface area contributed by atoms with Crippen LogP contribution in [0.5, 0.6) is 0 Å². The van der Waals surface area contributed by atoms with Crippen molar-refractivity contribution < 1.29 is 9.63 Å². The number of carbonyl (C=O) groups is 1. The Kier molecular flexibility index (Phi) is 5.55. The lowest BCUT2D eigenvalue weighted by atomic mass is 10.1. The molecule has 18 heavy (non-hydrogen) atoms. The van der Waals surface area contributed by atoms with Crippen LogP contribution in [0.25, 0.3) is 0 Å². The largest absolute Gasteiger partial charge is 0.435 e. The Bertz CT molecular complexity index is 314. The second-order valence-corrected chi connectivity index (χ2v) is 5.21. The average molecular weight is 253 g/mol. The fourth-order valence-corrected chi connectivity index (χ4v) is 1.65. The third kappa shape index (κ3) is 5.12. The Morgan fingerprint density at radius 1 is 1.22 bits per heavy atom. The zero-order valence-corrected chi connectivity index (χ0v) is 11.6. The van der Waals surface area contributed by atoms with Crippen LogP contribution in [0.15, 0.2) is 24.6 Å².